The molecule has 10 nitrogen and oxygen atoms in total. The maximum Gasteiger partial charge on any atom is 0.355 e. The maximum absolute atomic E-state index is 14.2. The van der Waals surface area contributed by atoms with Gasteiger partial charge >= 0.3 is 5.69 Å². The van der Waals surface area contributed by atoms with Gasteiger partial charge in [0.05, 0.1) is 28.0 Å². The Labute approximate surface area is 258 Å². The molecule has 2 atom stereocenters. The van der Waals surface area contributed by atoms with E-state index in [4.69, 9.17) is 32.9 Å². The first-order valence-electron chi connectivity index (χ1n) is 14.0. The van der Waals surface area contributed by atoms with Crippen molar-refractivity contribution in [2.24, 2.45) is 0 Å². The third kappa shape index (κ3) is 4.60. The van der Waals surface area contributed by atoms with E-state index >= 15 is 0 Å². The molecule has 1 N–H and O–H groups in total. The lowest BCUT2D eigenvalue weighted by Gasteiger charge is -2.45. The second-order valence-corrected chi connectivity index (χ2v) is 12.0. The first-order chi connectivity index (χ1) is 20.5. The average Bonchev–Trinajstić information content (AvgIpc) is 3.13. The summed E-state index contributed by atoms with van der Waals surface area (Å²) in [6.07, 6.45) is 3.00. The van der Waals surface area contributed by atoms with Crippen molar-refractivity contribution in [2.75, 3.05) is 24.6 Å². The van der Waals surface area contributed by atoms with Crippen LogP contribution >= 0.6 is 23.2 Å². The number of anilines is 1. The Kier molecular flexibility index (Phi) is 7.30. The number of aryl methyl sites for hydroxylation is 1. The first kappa shape index (κ1) is 28.9. The number of hydrogen-bond acceptors (Lipinski definition) is 8. The molecule has 1 fully saturated rings. The molecule has 0 saturated carbocycles. The lowest BCUT2D eigenvalue weighted by atomic mass is 10.0. The zero-order valence-corrected chi connectivity index (χ0v) is 25.6. The van der Waals surface area contributed by atoms with Crippen molar-refractivity contribution in [1.82, 2.24) is 24.4 Å². The SMILES string of the molecule is C=CC(=O)N1CC(C)N2c3nc(=O)n(-c4c(C)ccnc4C(C)C)c4nc(-c5c(O)cccc5Cl)c(Cl)c(c34)OCC2C1. The van der Waals surface area contributed by atoms with Crippen LogP contribution in [0.15, 0.2) is 47.9 Å². The fourth-order valence-corrected chi connectivity index (χ4v) is 6.63. The first-order valence-corrected chi connectivity index (χ1v) is 14.7. The van der Waals surface area contributed by atoms with E-state index in [1.807, 2.05) is 38.7 Å². The van der Waals surface area contributed by atoms with Crippen molar-refractivity contribution in [3.8, 4) is 28.4 Å². The number of ether oxygens (including phenoxy) is 1. The molecule has 4 aromatic rings. The van der Waals surface area contributed by atoms with Crippen molar-refractivity contribution in [1.29, 1.82) is 0 Å². The minimum Gasteiger partial charge on any atom is -0.507 e. The van der Waals surface area contributed by atoms with Crippen molar-refractivity contribution >= 4 is 46.0 Å². The lowest BCUT2D eigenvalue weighted by molar-refractivity contribution is -0.127. The predicted octanol–water partition coefficient (Wildman–Crippen LogP) is 5.27. The minimum atomic E-state index is -0.562. The highest BCUT2D eigenvalue weighted by Crippen LogP contribution is 2.48. The number of aromatic hydroxyl groups is 1. The number of piperazine rings is 1. The molecule has 6 rings (SSSR count). The van der Waals surface area contributed by atoms with Crippen LogP contribution in [0.25, 0.3) is 28.0 Å². The topological polar surface area (TPSA) is 114 Å². The van der Waals surface area contributed by atoms with Gasteiger partial charge in [0.15, 0.2) is 11.4 Å². The number of carbonyl (C=O) groups excluding carboxylic acids is 1. The Morgan fingerprint density at radius 1 is 1.21 bits per heavy atom. The van der Waals surface area contributed by atoms with Crippen molar-refractivity contribution in [3.05, 3.63) is 74.9 Å². The Balaban J connectivity index is 1.73. The molecule has 2 unspecified atom stereocenters. The van der Waals surface area contributed by atoms with E-state index in [2.05, 4.69) is 16.5 Å². The highest BCUT2D eigenvalue weighted by Gasteiger charge is 2.40. The van der Waals surface area contributed by atoms with Gasteiger partial charge in [-0.2, -0.15) is 4.98 Å². The van der Waals surface area contributed by atoms with Gasteiger partial charge in [0.25, 0.3) is 0 Å². The highest BCUT2D eigenvalue weighted by atomic mass is 35.5. The molecule has 1 saturated heterocycles. The molecule has 1 amide bonds. The van der Waals surface area contributed by atoms with Gasteiger partial charge in [0.2, 0.25) is 5.91 Å². The summed E-state index contributed by atoms with van der Waals surface area (Å²) in [5, 5.41) is 11.6. The molecule has 0 radical (unpaired) electrons. The van der Waals surface area contributed by atoms with Gasteiger partial charge in [-0.15, -0.1) is 0 Å². The molecule has 0 bridgehead atoms. The van der Waals surface area contributed by atoms with Gasteiger partial charge in [-0.25, -0.2) is 14.3 Å². The van der Waals surface area contributed by atoms with E-state index in [9.17, 15) is 14.7 Å². The number of rotatable bonds is 4. The van der Waals surface area contributed by atoms with Crippen LogP contribution in [0.3, 0.4) is 0 Å². The Bertz CT molecular complexity index is 1850. The summed E-state index contributed by atoms with van der Waals surface area (Å²) < 4.78 is 7.88. The number of hydrogen-bond donors (Lipinski definition) is 1. The molecular weight excluding hydrogens is 591 g/mol. The summed E-state index contributed by atoms with van der Waals surface area (Å²) in [4.78, 5) is 44.7. The number of phenols is 1. The number of carbonyl (C=O) groups is 1. The van der Waals surface area contributed by atoms with Gasteiger partial charge in [0, 0.05) is 25.3 Å². The van der Waals surface area contributed by atoms with Crippen molar-refractivity contribution < 1.29 is 14.6 Å². The Hall–Kier alpha value is -4.15. The zero-order chi connectivity index (χ0) is 30.7. The van der Waals surface area contributed by atoms with Crippen LogP contribution in [-0.4, -0.2) is 67.2 Å². The van der Waals surface area contributed by atoms with E-state index in [0.717, 1.165) is 5.56 Å². The van der Waals surface area contributed by atoms with Crippen LogP contribution in [0.4, 0.5) is 5.82 Å². The number of benzene rings is 1. The third-order valence-corrected chi connectivity index (χ3v) is 8.66. The maximum atomic E-state index is 14.2. The van der Waals surface area contributed by atoms with Crippen molar-refractivity contribution in [3.63, 3.8) is 0 Å². The molecule has 222 valence electrons. The van der Waals surface area contributed by atoms with E-state index in [-0.39, 0.29) is 69.0 Å². The van der Waals surface area contributed by atoms with Crippen LogP contribution in [0, 0.1) is 6.92 Å². The average molecular weight is 622 g/mol. The van der Waals surface area contributed by atoms with Crippen LogP contribution in [0.1, 0.15) is 37.9 Å². The molecule has 2 aliphatic heterocycles. The quantitative estimate of drug-likeness (QED) is 0.307. The Morgan fingerprint density at radius 2 is 1.98 bits per heavy atom. The molecule has 43 heavy (non-hydrogen) atoms. The predicted molar refractivity (Wildman–Crippen MR) is 167 cm³/mol. The largest absolute Gasteiger partial charge is 0.507 e. The molecule has 0 spiro atoms. The van der Waals surface area contributed by atoms with Gasteiger partial charge < -0.3 is 19.6 Å². The number of aromatic nitrogens is 4. The van der Waals surface area contributed by atoms with E-state index in [1.54, 1.807) is 23.2 Å². The molecular formula is C31H30Cl2N6O4. The van der Waals surface area contributed by atoms with Gasteiger partial charge in [-0.1, -0.05) is 49.7 Å². The minimum absolute atomic E-state index is 0.0257. The zero-order valence-electron chi connectivity index (χ0n) is 24.1. The normalized spacial score (nSPS) is 17.9. The number of halogens is 2. The summed E-state index contributed by atoms with van der Waals surface area (Å²) in [5.41, 5.74) is 2.09. The van der Waals surface area contributed by atoms with E-state index in [1.165, 1.54) is 16.7 Å². The summed E-state index contributed by atoms with van der Waals surface area (Å²) in [6.45, 7) is 12.4. The molecule has 0 aliphatic carbocycles. The molecule has 5 heterocycles. The van der Waals surface area contributed by atoms with Gasteiger partial charge in [-0.3, -0.25) is 9.78 Å². The summed E-state index contributed by atoms with van der Waals surface area (Å²) in [6, 6.07) is 5.99. The van der Waals surface area contributed by atoms with Crippen molar-refractivity contribution in [2.45, 2.75) is 45.7 Å². The summed E-state index contributed by atoms with van der Waals surface area (Å²) >= 11 is 13.6. The fourth-order valence-electron chi connectivity index (χ4n) is 6.09. The highest BCUT2D eigenvalue weighted by molar-refractivity contribution is 6.38. The molecule has 2 aliphatic rings. The van der Waals surface area contributed by atoms with E-state index < -0.39 is 5.69 Å². The van der Waals surface area contributed by atoms with Gasteiger partial charge in [-0.05, 0) is 49.6 Å². The lowest BCUT2D eigenvalue weighted by Crippen LogP contribution is -2.61. The second-order valence-electron chi connectivity index (χ2n) is 11.2. The number of nitrogens with zero attached hydrogens (tertiary/aromatic N) is 6. The number of fused-ring (bicyclic) bond motifs is 2. The smallest absolute Gasteiger partial charge is 0.355 e. The van der Waals surface area contributed by atoms with E-state index in [0.29, 0.717) is 35.7 Å². The number of pyridine rings is 2. The summed E-state index contributed by atoms with van der Waals surface area (Å²) in [7, 11) is 0. The number of phenolic OH excluding ortho intramolecular Hbond substituents is 1. The van der Waals surface area contributed by atoms with Crippen LogP contribution in [-0.2, 0) is 4.79 Å². The monoisotopic (exact) mass is 620 g/mol. The standard InChI is InChI=1S/C31H30Cl2N6O4/c1-6-21(41)37-12-17(5)38-18(13-37)14-43-28-23-29(35-26(24(28)33)22-19(32)8-7-9-20(22)40)39(31(42)36-30(23)38)27-16(4)10-11-34-25(27)15(2)3/h6-11,15,17-18,40H,1,12-14H2,2-5H3. The molecule has 1 aromatic carbocycles. The van der Waals surface area contributed by atoms with Crippen LogP contribution in [0.2, 0.25) is 10.0 Å². The third-order valence-electron chi connectivity index (χ3n) is 7.99. The fraction of sp³-hybridized carbons (Fsp3) is 0.323. The van der Waals surface area contributed by atoms with Gasteiger partial charge in [0.1, 0.15) is 34.3 Å². The summed E-state index contributed by atoms with van der Waals surface area (Å²) in [5.74, 6) is 0.278. The molecule has 12 heteroatoms. The van der Waals surface area contributed by atoms with Crippen LogP contribution in [0.5, 0.6) is 11.5 Å². The Morgan fingerprint density at radius 3 is 2.67 bits per heavy atom. The molecule has 3 aromatic heterocycles. The van der Waals surface area contributed by atoms with Crippen LogP contribution < -0.4 is 15.3 Å². The second kappa shape index (κ2) is 10.8. The number of amides is 1.